The minimum absolute atomic E-state index is 0.369. The van der Waals surface area contributed by atoms with E-state index in [1.54, 1.807) is 18.2 Å². The van der Waals surface area contributed by atoms with E-state index in [0.717, 1.165) is 23.5 Å². The molecule has 0 spiro atoms. The molecule has 0 heterocycles. The molecule has 1 aromatic carbocycles. The van der Waals surface area contributed by atoms with Crippen molar-refractivity contribution in [1.29, 1.82) is 0 Å². The lowest BCUT2D eigenvalue weighted by atomic mass is 10.1. The standard InChI is InChI=1S/C15H20ClNO3S/c1-3-5-6-12(15(19)20)17-14(18)11-8-7-10(16)9-13(11)21-4-2/h7-9,12H,3-6H2,1-2H3,(H,17,18)(H,19,20)/t12-/m0/s1. The summed E-state index contributed by atoms with van der Waals surface area (Å²) in [7, 11) is 0. The number of unbranched alkanes of at least 4 members (excludes halogenated alkanes) is 1. The van der Waals surface area contributed by atoms with E-state index in [4.69, 9.17) is 11.6 Å². The van der Waals surface area contributed by atoms with Gasteiger partial charge in [-0.3, -0.25) is 4.79 Å². The summed E-state index contributed by atoms with van der Waals surface area (Å²) in [6.07, 6.45) is 2.08. The number of hydrogen-bond donors (Lipinski definition) is 2. The van der Waals surface area contributed by atoms with Gasteiger partial charge in [-0.05, 0) is 30.4 Å². The minimum Gasteiger partial charge on any atom is -0.480 e. The molecular formula is C15H20ClNO3S. The summed E-state index contributed by atoms with van der Waals surface area (Å²) in [5, 5.41) is 12.3. The van der Waals surface area contributed by atoms with Gasteiger partial charge in [0.05, 0.1) is 5.56 Å². The van der Waals surface area contributed by atoms with Crippen molar-refractivity contribution < 1.29 is 14.7 Å². The Morgan fingerprint density at radius 2 is 2.10 bits per heavy atom. The first-order valence-electron chi connectivity index (χ1n) is 6.95. The number of carbonyl (C=O) groups excluding carboxylic acids is 1. The highest BCUT2D eigenvalue weighted by Gasteiger charge is 2.21. The molecule has 116 valence electrons. The topological polar surface area (TPSA) is 66.4 Å². The second-order valence-corrected chi connectivity index (χ2v) is 6.32. The summed E-state index contributed by atoms with van der Waals surface area (Å²) >= 11 is 7.45. The average molecular weight is 330 g/mol. The maximum absolute atomic E-state index is 12.3. The lowest BCUT2D eigenvalue weighted by Crippen LogP contribution is -2.40. The Morgan fingerprint density at radius 1 is 1.38 bits per heavy atom. The third-order valence-electron chi connectivity index (χ3n) is 2.94. The van der Waals surface area contributed by atoms with Gasteiger partial charge in [-0.25, -0.2) is 4.79 Å². The van der Waals surface area contributed by atoms with Crippen LogP contribution in [-0.2, 0) is 4.79 Å². The van der Waals surface area contributed by atoms with Gasteiger partial charge in [0.25, 0.3) is 5.91 Å². The molecule has 0 bridgehead atoms. The number of carboxylic acid groups (broad SMARTS) is 1. The fourth-order valence-corrected chi connectivity index (χ4v) is 2.93. The van der Waals surface area contributed by atoms with Crippen molar-refractivity contribution in [2.45, 2.75) is 44.0 Å². The maximum atomic E-state index is 12.3. The number of carbonyl (C=O) groups is 2. The van der Waals surface area contributed by atoms with Gasteiger partial charge in [-0.2, -0.15) is 0 Å². The lowest BCUT2D eigenvalue weighted by molar-refractivity contribution is -0.139. The number of rotatable bonds is 8. The third kappa shape index (κ3) is 5.59. The van der Waals surface area contributed by atoms with Crippen LogP contribution in [0.1, 0.15) is 43.5 Å². The average Bonchev–Trinajstić information content (AvgIpc) is 2.43. The van der Waals surface area contributed by atoms with Crippen LogP contribution in [0, 0.1) is 0 Å². The number of halogens is 1. The number of nitrogens with one attached hydrogen (secondary N) is 1. The van der Waals surface area contributed by atoms with Crippen LogP contribution in [0.3, 0.4) is 0 Å². The molecule has 0 unspecified atom stereocenters. The number of thioether (sulfide) groups is 1. The van der Waals surface area contributed by atoms with Gasteiger partial charge in [-0.15, -0.1) is 11.8 Å². The molecule has 1 atom stereocenters. The molecule has 2 N–H and O–H groups in total. The Morgan fingerprint density at radius 3 is 2.67 bits per heavy atom. The summed E-state index contributed by atoms with van der Waals surface area (Å²) in [5.41, 5.74) is 0.467. The van der Waals surface area contributed by atoms with Crippen molar-refractivity contribution in [1.82, 2.24) is 5.32 Å². The molecule has 0 aromatic heterocycles. The van der Waals surface area contributed by atoms with Crippen molar-refractivity contribution in [2.24, 2.45) is 0 Å². The summed E-state index contributed by atoms with van der Waals surface area (Å²) in [6, 6.07) is 4.14. The van der Waals surface area contributed by atoms with Crippen LogP contribution in [0.2, 0.25) is 5.02 Å². The molecule has 0 aliphatic rings. The first-order chi connectivity index (χ1) is 9.99. The Bertz CT molecular complexity index is 508. The molecule has 21 heavy (non-hydrogen) atoms. The second-order valence-electron chi connectivity index (χ2n) is 4.58. The quantitative estimate of drug-likeness (QED) is 0.711. The van der Waals surface area contributed by atoms with E-state index in [9.17, 15) is 14.7 Å². The van der Waals surface area contributed by atoms with Crippen molar-refractivity contribution >= 4 is 35.2 Å². The van der Waals surface area contributed by atoms with Crippen molar-refractivity contribution in [3.63, 3.8) is 0 Å². The van der Waals surface area contributed by atoms with E-state index in [0.29, 0.717) is 17.0 Å². The van der Waals surface area contributed by atoms with Crippen molar-refractivity contribution in [3.8, 4) is 0 Å². The number of amides is 1. The zero-order chi connectivity index (χ0) is 15.8. The zero-order valence-electron chi connectivity index (χ0n) is 12.2. The van der Waals surface area contributed by atoms with Gasteiger partial charge in [0, 0.05) is 9.92 Å². The number of carboxylic acids is 1. The largest absolute Gasteiger partial charge is 0.480 e. The summed E-state index contributed by atoms with van der Waals surface area (Å²) < 4.78 is 0. The van der Waals surface area contributed by atoms with Crippen LogP contribution in [-0.4, -0.2) is 28.8 Å². The van der Waals surface area contributed by atoms with Gasteiger partial charge in [0.15, 0.2) is 0 Å². The molecule has 0 radical (unpaired) electrons. The summed E-state index contributed by atoms with van der Waals surface area (Å²) in [5.74, 6) is -0.569. The Hall–Kier alpha value is -1.20. The van der Waals surface area contributed by atoms with Crippen molar-refractivity contribution in [3.05, 3.63) is 28.8 Å². The monoisotopic (exact) mass is 329 g/mol. The van der Waals surface area contributed by atoms with E-state index in [-0.39, 0.29) is 5.91 Å². The summed E-state index contributed by atoms with van der Waals surface area (Å²) in [6.45, 7) is 3.96. The third-order valence-corrected chi connectivity index (χ3v) is 4.11. The van der Waals surface area contributed by atoms with Crippen LogP contribution < -0.4 is 5.32 Å². The van der Waals surface area contributed by atoms with Crippen LogP contribution >= 0.6 is 23.4 Å². The molecule has 1 amide bonds. The predicted molar refractivity (Wildman–Crippen MR) is 86.3 cm³/mol. The first kappa shape index (κ1) is 17.9. The van der Waals surface area contributed by atoms with E-state index >= 15 is 0 Å². The molecule has 4 nitrogen and oxygen atoms in total. The fourth-order valence-electron chi connectivity index (χ4n) is 1.86. The maximum Gasteiger partial charge on any atom is 0.326 e. The number of aliphatic carboxylic acids is 1. The highest BCUT2D eigenvalue weighted by atomic mass is 35.5. The molecule has 0 aliphatic heterocycles. The molecule has 0 fully saturated rings. The van der Waals surface area contributed by atoms with Gasteiger partial charge in [0.1, 0.15) is 6.04 Å². The van der Waals surface area contributed by atoms with E-state index in [1.165, 1.54) is 11.8 Å². The molecule has 6 heteroatoms. The second kappa shape index (κ2) is 8.95. The zero-order valence-corrected chi connectivity index (χ0v) is 13.8. The smallest absolute Gasteiger partial charge is 0.326 e. The first-order valence-corrected chi connectivity index (χ1v) is 8.32. The van der Waals surface area contributed by atoms with E-state index in [1.807, 2.05) is 13.8 Å². The van der Waals surface area contributed by atoms with E-state index < -0.39 is 12.0 Å². The number of benzene rings is 1. The van der Waals surface area contributed by atoms with E-state index in [2.05, 4.69) is 5.32 Å². The van der Waals surface area contributed by atoms with Gasteiger partial charge < -0.3 is 10.4 Å². The lowest BCUT2D eigenvalue weighted by Gasteiger charge is -2.15. The molecule has 0 saturated carbocycles. The summed E-state index contributed by atoms with van der Waals surface area (Å²) in [4.78, 5) is 24.3. The van der Waals surface area contributed by atoms with Gasteiger partial charge in [0.2, 0.25) is 0 Å². The number of hydrogen-bond acceptors (Lipinski definition) is 3. The highest BCUT2D eigenvalue weighted by molar-refractivity contribution is 7.99. The van der Waals surface area contributed by atoms with Gasteiger partial charge >= 0.3 is 5.97 Å². The molecule has 1 rings (SSSR count). The molecule has 0 aliphatic carbocycles. The Kier molecular flexibility index (Phi) is 7.61. The Labute approximate surface area is 134 Å². The van der Waals surface area contributed by atoms with Gasteiger partial charge in [-0.1, -0.05) is 38.3 Å². The Balaban J connectivity index is 2.89. The minimum atomic E-state index is -1.00. The fraction of sp³-hybridized carbons (Fsp3) is 0.467. The van der Waals surface area contributed by atoms with Crippen LogP contribution in [0.4, 0.5) is 0 Å². The SMILES string of the molecule is CCCC[C@H](NC(=O)c1ccc(Cl)cc1SCC)C(=O)O. The van der Waals surface area contributed by atoms with Crippen LogP contribution in [0.5, 0.6) is 0 Å². The van der Waals surface area contributed by atoms with Crippen LogP contribution in [0.25, 0.3) is 0 Å². The molecule has 0 saturated heterocycles. The molecule has 1 aromatic rings. The predicted octanol–water partition coefficient (Wildman–Crippen LogP) is 3.83. The molecular weight excluding hydrogens is 310 g/mol. The highest BCUT2D eigenvalue weighted by Crippen LogP contribution is 2.26. The van der Waals surface area contributed by atoms with Crippen LogP contribution in [0.15, 0.2) is 23.1 Å². The van der Waals surface area contributed by atoms with Crippen molar-refractivity contribution in [2.75, 3.05) is 5.75 Å². The normalized spacial score (nSPS) is 12.0.